The summed E-state index contributed by atoms with van der Waals surface area (Å²) >= 11 is 0. The maximum absolute atomic E-state index is 2.71. The van der Waals surface area contributed by atoms with E-state index in [9.17, 15) is 0 Å². The molecule has 2 aliphatic rings. The van der Waals surface area contributed by atoms with Crippen molar-refractivity contribution in [2.24, 2.45) is 0 Å². The number of hydrogen-bond donors (Lipinski definition) is 0. The summed E-state index contributed by atoms with van der Waals surface area (Å²) in [4.78, 5) is 5.35. The van der Waals surface area contributed by atoms with Crippen LogP contribution in [0.3, 0.4) is 0 Å². The van der Waals surface area contributed by atoms with E-state index >= 15 is 0 Å². The first-order chi connectivity index (χ1) is 7.90. The third-order valence-electron chi connectivity index (χ3n) is 3.83. The van der Waals surface area contributed by atoms with Gasteiger partial charge in [-0.1, -0.05) is 33.6 Å². The van der Waals surface area contributed by atoms with Crippen LogP contribution in [-0.2, 0) is 0 Å². The van der Waals surface area contributed by atoms with Gasteiger partial charge in [0.1, 0.15) is 0 Å². The van der Waals surface area contributed by atoms with E-state index in [1.54, 1.807) is 0 Å². The van der Waals surface area contributed by atoms with Crippen LogP contribution < -0.4 is 0 Å². The molecule has 0 unspecified atom stereocenters. The first kappa shape index (κ1) is 14.0. The van der Waals surface area contributed by atoms with Gasteiger partial charge in [-0.15, -0.1) is 0 Å². The fraction of sp³-hybridized carbons (Fsp3) is 1.00. The normalized spacial score (nSPS) is 23.4. The highest BCUT2D eigenvalue weighted by molar-refractivity contribution is 4.83. The molecule has 0 N–H and O–H groups in total. The van der Waals surface area contributed by atoms with Gasteiger partial charge in [-0.2, -0.15) is 0 Å². The van der Waals surface area contributed by atoms with Gasteiger partial charge in [0.25, 0.3) is 0 Å². The highest BCUT2D eigenvalue weighted by atomic mass is 15.3. The van der Waals surface area contributed by atoms with Gasteiger partial charge in [-0.3, -0.25) is 4.90 Å². The SMILES string of the molecule is CC.CCCCN1CCN(C2CCC2)CC1. The maximum atomic E-state index is 2.71. The number of nitrogens with zero attached hydrogens (tertiary/aromatic N) is 2. The summed E-state index contributed by atoms with van der Waals surface area (Å²) in [5.41, 5.74) is 0. The van der Waals surface area contributed by atoms with Crippen molar-refractivity contribution in [2.45, 2.75) is 58.9 Å². The molecule has 0 radical (unpaired) electrons. The molecule has 0 atom stereocenters. The average Bonchev–Trinajstić information content (AvgIpc) is 2.29. The quantitative estimate of drug-likeness (QED) is 0.727. The van der Waals surface area contributed by atoms with Crippen LogP contribution in [0.25, 0.3) is 0 Å². The molecule has 0 aromatic rings. The Morgan fingerprint density at radius 3 is 2.06 bits per heavy atom. The minimum Gasteiger partial charge on any atom is -0.301 e. The van der Waals surface area contributed by atoms with Crippen molar-refractivity contribution in [3.8, 4) is 0 Å². The topological polar surface area (TPSA) is 6.48 Å². The fourth-order valence-electron chi connectivity index (χ4n) is 2.49. The molecule has 0 amide bonds. The van der Waals surface area contributed by atoms with Gasteiger partial charge in [0.05, 0.1) is 0 Å². The standard InChI is InChI=1S/C12H24N2.C2H6/c1-2-3-7-13-8-10-14(11-9-13)12-5-4-6-12;1-2/h12H,2-11H2,1H3;1-2H3. The Morgan fingerprint density at radius 2 is 1.62 bits per heavy atom. The van der Waals surface area contributed by atoms with E-state index in [-0.39, 0.29) is 0 Å². The van der Waals surface area contributed by atoms with Crippen LogP contribution >= 0.6 is 0 Å². The van der Waals surface area contributed by atoms with Crippen molar-refractivity contribution in [3.05, 3.63) is 0 Å². The van der Waals surface area contributed by atoms with Gasteiger partial charge >= 0.3 is 0 Å². The minimum absolute atomic E-state index is 0.961. The highest BCUT2D eigenvalue weighted by Crippen LogP contribution is 2.25. The number of rotatable bonds is 4. The monoisotopic (exact) mass is 226 g/mol. The molecular formula is C14H30N2. The number of piperazine rings is 1. The molecule has 1 saturated carbocycles. The first-order valence-electron chi connectivity index (χ1n) is 7.36. The summed E-state index contributed by atoms with van der Waals surface area (Å²) < 4.78 is 0. The predicted octanol–water partition coefficient (Wildman–Crippen LogP) is 2.98. The molecule has 2 heteroatoms. The second-order valence-corrected chi connectivity index (χ2v) is 4.82. The van der Waals surface area contributed by atoms with Crippen LogP contribution in [0.1, 0.15) is 52.9 Å². The Balaban J connectivity index is 0.000000606. The number of hydrogen-bond acceptors (Lipinski definition) is 2. The lowest BCUT2D eigenvalue weighted by Crippen LogP contribution is -2.52. The summed E-state index contributed by atoms with van der Waals surface area (Å²) in [5, 5.41) is 0. The van der Waals surface area contributed by atoms with Crippen molar-refractivity contribution in [1.82, 2.24) is 9.80 Å². The molecule has 1 aliphatic carbocycles. The molecule has 2 nitrogen and oxygen atoms in total. The molecule has 96 valence electrons. The zero-order chi connectivity index (χ0) is 11.8. The molecule has 1 aliphatic heterocycles. The molecule has 0 aromatic heterocycles. The van der Waals surface area contributed by atoms with Gasteiger partial charge in [0.15, 0.2) is 0 Å². The molecule has 0 bridgehead atoms. The lowest BCUT2D eigenvalue weighted by Gasteiger charge is -2.43. The van der Waals surface area contributed by atoms with Gasteiger partial charge in [0, 0.05) is 32.2 Å². The van der Waals surface area contributed by atoms with E-state index in [0.717, 1.165) is 6.04 Å². The van der Waals surface area contributed by atoms with Crippen LogP contribution in [0.15, 0.2) is 0 Å². The Bertz CT molecular complexity index is 158. The Morgan fingerprint density at radius 1 is 1.00 bits per heavy atom. The molecular weight excluding hydrogens is 196 g/mol. The molecule has 1 heterocycles. The second kappa shape index (κ2) is 8.08. The lowest BCUT2D eigenvalue weighted by atomic mass is 9.91. The van der Waals surface area contributed by atoms with Crippen molar-refractivity contribution in [2.75, 3.05) is 32.7 Å². The van der Waals surface area contributed by atoms with Crippen LogP contribution in [0.5, 0.6) is 0 Å². The van der Waals surface area contributed by atoms with E-state index in [0.29, 0.717) is 0 Å². The van der Waals surface area contributed by atoms with Gasteiger partial charge in [0.2, 0.25) is 0 Å². The third kappa shape index (κ3) is 4.06. The summed E-state index contributed by atoms with van der Waals surface area (Å²) in [7, 11) is 0. The Hall–Kier alpha value is -0.0800. The Labute approximate surface area is 102 Å². The Kier molecular flexibility index (Phi) is 7.06. The zero-order valence-electron chi connectivity index (χ0n) is 11.5. The van der Waals surface area contributed by atoms with Crippen molar-refractivity contribution in [1.29, 1.82) is 0 Å². The van der Waals surface area contributed by atoms with Crippen LogP contribution in [0, 0.1) is 0 Å². The van der Waals surface area contributed by atoms with E-state index in [1.807, 2.05) is 13.8 Å². The first-order valence-corrected chi connectivity index (χ1v) is 7.36. The summed E-state index contributed by atoms with van der Waals surface area (Å²) in [6.07, 6.45) is 7.12. The molecule has 0 aromatic carbocycles. The van der Waals surface area contributed by atoms with Crippen molar-refractivity contribution >= 4 is 0 Å². The van der Waals surface area contributed by atoms with Gasteiger partial charge in [-0.05, 0) is 25.8 Å². The van der Waals surface area contributed by atoms with Crippen molar-refractivity contribution in [3.63, 3.8) is 0 Å². The molecule has 16 heavy (non-hydrogen) atoms. The lowest BCUT2D eigenvalue weighted by molar-refractivity contribution is 0.0613. The highest BCUT2D eigenvalue weighted by Gasteiger charge is 2.27. The van der Waals surface area contributed by atoms with Crippen LogP contribution in [0.4, 0.5) is 0 Å². The van der Waals surface area contributed by atoms with Gasteiger partial charge < -0.3 is 4.90 Å². The maximum Gasteiger partial charge on any atom is 0.0113 e. The third-order valence-corrected chi connectivity index (χ3v) is 3.83. The molecule has 2 rings (SSSR count). The fourth-order valence-corrected chi connectivity index (χ4v) is 2.49. The molecule has 2 fully saturated rings. The number of unbranched alkanes of at least 4 members (excludes halogenated alkanes) is 1. The summed E-state index contributed by atoms with van der Waals surface area (Å²) in [5.74, 6) is 0. The largest absolute Gasteiger partial charge is 0.301 e. The van der Waals surface area contributed by atoms with E-state index < -0.39 is 0 Å². The van der Waals surface area contributed by atoms with Crippen molar-refractivity contribution < 1.29 is 0 Å². The smallest absolute Gasteiger partial charge is 0.0113 e. The van der Waals surface area contributed by atoms with Crippen LogP contribution in [0.2, 0.25) is 0 Å². The molecule has 0 spiro atoms. The van der Waals surface area contributed by atoms with E-state index in [4.69, 9.17) is 0 Å². The summed E-state index contributed by atoms with van der Waals surface area (Å²) in [6.45, 7) is 12.9. The second-order valence-electron chi connectivity index (χ2n) is 4.82. The average molecular weight is 226 g/mol. The van der Waals surface area contributed by atoms with E-state index in [1.165, 1.54) is 64.8 Å². The molecule has 1 saturated heterocycles. The van der Waals surface area contributed by atoms with E-state index in [2.05, 4.69) is 16.7 Å². The van der Waals surface area contributed by atoms with Crippen LogP contribution in [-0.4, -0.2) is 48.6 Å². The summed E-state index contributed by atoms with van der Waals surface area (Å²) in [6, 6.07) is 0.961. The zero-order valence-corrected chi connectivity index (χ0v) is 11.5. The van der Waals surface area contributed by atoms with Gasteiger partial charge in [-0.25, -0.2) is 0 Å². The predicted molar refractivity (Wildman–Crippen MR) is 71.9 cm³/mol. The minimum atomic E-state index is 0.961.